The monoisotopic (exact) mass is 270 g/mol. The summed E-state index contributed by atoms with van der Waals surface area (Å²) in [6.45, 7) is 4.13. The van der Waals surface area contributed by atoms with Crippen molar-refractivity contribution in [2.24, 2.45) is 0 Å². The van der Waals surface area contributed by atoms with Gasteiger partial charge in [0.05, 0.1) is 11.4 Å². The second-order valence-corrected chi connectivity index (χ2v) is 6.40. The highest BCUT2D eigenvalue weighted by Crippen LogP contribution is 2.13. The van der Waals surface area contributed by atoms with Gasteiger partial charge in [-0.3, -0.25) is 4.79 Å². The Morgan fingerprint density at radius 2 is 1.78 bits per heavy atom. The molecule has 0 saturated carbocycles. The fourth-order valence-electron chi connectivity index (χ4n) is 1.29. The molecule has 0 aliphatic heterocycles. The van der Waals surface area contributed by atoms with Crippen molar-refractivity contribution >= 4 is 21.4 Å². The van der Waals surface area contributed by atoms with Crippen molar-refractivity contribution in [2.45, 2.75) is 24.8 Å². The van der Waals surface area contributed by atoms with E-state index in [1.54, 1.807) is 12.1 Å². The lowest BCUT2D eigenvalue weighted by atomic mass is 10.3. The first-order valence-electron chi connectivity index (χ1n) is 5.62. The molecule has 0 spiro atoms. The lowest BCUT2D eigenvalue weighted by Crippen LogP contribution is -2.32. The highest BCUT2D eigenvalue weighted by Gasteiger charge is 2.07. The molecule has 6 heteroatoms. The number of benzene rings is 1. The van der Waals surface area contributed by atoms with Gasteiger partial charge in [-0.1, -0.05) is 13.8 Å². The van der Waals surface area contributed by atoms with Gasteiger partial charge in [-0.15, -0.1) is 0 Å². The van der Waals surface area contributed by atoms with Crippen LogP contribution in [0.3, 0.4) is 0 Å². The summed E-state index contributed by atoms with van der Waals surface area (Å²) in [6.07, 6.45) is 1.15. The Balaban J connectivity index is 2.62. The van der Waals surface area contributed by atoms with Gasteiger partial charge in [0.1, 0.15) is 0 Å². The molecule has 2 N–H and O–H groups in total. The zero-order valence-corrected chi connectivity index (χ0v) is 11.5. The van der Waals surface area contributed by atoms with Crippen LogP contribution in [0, 0.1) is 0 Å². The van der Waals surface area contributed by atoms with Gasteiger partial charge in [0.15, 0.2) is 9.84 Å². The number of sulfone groups is 1. The highest BCUT2D eigenvalue weighted by atomic mass is 32.2. The van der Waals surface area contributed by atoms with Crippen LogP contribution in [-0.4, -0.2) is 33.2 Å². The van der Waals surface area contributed by atoms with Crippen LogP contribution < -0.4 is 10.6 Å². The Bertz CT molecular complexity index is 507. The van der Waals surface area contributed by atoms with Gasteiger partial charge in [-0.05, 0) is 24.3 Å². The molecule has 0 saturated heterocycles. The van der Waals surface area contributed by atoms with Crippen LogP contribution in [-0.2, 0) is 14.6 Å². The van der Waals surface area contributed by atoms with Crippen molar-refractivity contribution in [1.82, 2.24) is 5.32 Å². The van der Waals surface area contributed by atoms with Crippen molar-refractivity contribution < 1.29 is 13.2 Å². The molecular weight excluding hydrogens is 252 g/mol. The minimum Gasteiger partial charge on any atom is -0.325 e. The molecule has 100 valence electrons. The van der Waals surface area contributed by atoms with E-state index in [0.717, 1.165) is 6.26 Å². The molecule has 0 heterocycles. The number of carbonyl (C=O) groups is 1. The average Bonchev–Trinajstić information content (AvgIpc) is 2.26. The van der Waals surface area contributed by atoms with E-state index in [1.807, 2.05) is 13.8 Å². The largest absolute Gasteiger partial charge is 0.325 e. The molecule has 18 heavy (non-hydrogen) atoms. The van der Waals surface area contributed by atoms with Crippen LogP contribution in [0.15, 0.2) is 29.2 Å². The van der Waals surface area contributed by atoms with Crippen molar-refractivity contribution in [3.8, 4) is 0 Å². The van der Waals surface area contributed by atoms with Crippen LogP contribution >= 0.6 is 0 Å². The number of rotatable bonds is 5. The third kappa shape index (κ3) is 4.85. The van der Waals surface area contributed by atoms with E-state index in [9.17, 15) is 13.2 Å². The normalized spacial score (nSPS) is 11.6. The number of anilines is 1. The molecule has 0 aromatic heterocycles. The first-order valence-corrected chi connectivity index (χ1v) is 7.51. The summed E-state index contributed by atoms with van der Waals surface area (Å²) in [5.74, 6) is -0.157. The molecule has 0 aliphatic carbocycles. The Kier molecular flexibility index (Phi) is 4.86. The van der Waals surface area contributed by atoms with Crippen molar-refractivity contribution in [1.29, 1.82) is 0 Å². The minimum atomic E-state index is -3.19. The second kappa shape index (κ2) is 5.97. The van der Waals surface area contributed by atoms with Crippen molar-refractivity contribution in [3.05, 3.63) is 24.3 Å². The molecule has 1 aromatic carbocycles. The van der Waals surface area contributed by atoms with Crippen LogP contribution in [0.4, 0.5) is 5.69 Å². The molecule has 0 atom stereocenters. The summed E-state index contributed by atoms with van der Waals surface area (Å²) in [5.41, 5.74) is 0.581. The van der Waals surface area contributed by atoms with Gasteiger partial charge in [0.2, 0.25) is 5.91 Å². The van der Waals surface area contributed by atoms with Gasteiger partial charge in [0, 0.05) is 18.0 Å². The number of nitrogens with one attached hydrogen (secondary N) is 2. The van der Waals surface area contributed by atoms with E-state index in [1.165, 1.54) is 12.1 Å². The van der Waals surface area contributed by atoms with Gasteiger partial charge in [-0.2, -0.15) is 0 Å². The standard InChI is InChI=1S/C12H18N2O3S/c1-9(2)13-8-12(15)14-10-4-6-11(7-5-10)18(3,16)17/h4-7,9,13H,8H2,1-3H3,(H,14,15). The van der Waals surface area contributed by atoms with Crippen molar-refractivity contribution in [3.63, 3.8) is 0 Å². The number of amides is 1. The zero-order chi connectivity index (χ0) is 13.8. The fourth-order valence-corrected chi connectivity index (χ4v) is 1.92. The SMILES string of the molecule is CC(C)NCC(=O)Nc1ccc(S(C)(=O)=O)cc1. The van der Waals surface area contributed by atoms with Gasteiger partial charge >= 0.3 is 0 Å². The Morgan fingerprint density at radius 1 is 1.22 bits per heavy atom. The molecule has 1 aromatic rings. The van der Waals surface area contributed by atoms with E-state index >= 15 is 0 Å². The van der Waals surface area contributed by atoms with E-state index in [4.69, 9.17) is 0 Å². The quantitative estimate of drug-likeness (QED) is 0.838. The Morgan fingerprint density at radius 3 is 2.22 bits per heavy atom. The molecule has 0 radical (unpaired) electrons. The summed E-state index contributed by atoms with van der Waals surface area (Å²) < 4.78 is 22.5. The van der Waals surface area contributed by atoms with Crippen LogP contribution in [0.5, 0.6) is 0 Å². The van der Waals surface area contributed by atoms with Crippen LogP contribution in [0.1, 0.15) is 13.8 Å². The summed E-state index contributed by atoms with van der Waals surface area (Å²) in [6, 6.07) is 6.33. The first kappa shape index (κ1) is 14.7. The molecule has 5 nitrogen and oxygen atoms in total. The number of carbonyl (C=O) groups excluding carboxylic acids is 1. The van der Waals surface area contributed by atoms with Crippen LogP contribution in [0.2, 0.25) is 0 Å². The van der Waals surface area contributed by atoms with E-state index in [-0.39, 0.29) is 23.4 Å². The topological polar surface area (TPSA) is 75.3 Å². The Hall–Kier alpha value is -1.40. The molecule has 0 fully saturated rings. The number of hydrogen-bond donors (Lipinski definition) is 2. The van der Waals surface area contributed by atoms with Crippen molar-refractivity contribution in [2.75, 3.05) is 18.1 Å². The van der Waals surface area contributed by atoms with Gasteiger partial charge < -0.3 is 10.6 Å². The van der Waals surface area contributed by atoms with E-state index < -0.39 is 9.84 Å². The summed E-state index contributed by atoms with van der Waals surface area (Å²) >= 11 is 0. The molecule has 1 rings (SSSR count). The maximum absolute atomic E-state index is 11.5. The maximum atomic E-state index is 11.5. The Labute approximate surface area is 108 Å². The smallest absolute Gasteiger partial charge is 0.238 e. The van der Waals surface area contributed by atoms with Crippen LogP contribution in [0.25, 0.3) is 0 Å². The second-order valence-electron chi connectivity index (χ2n) is 4.38. The molecule has 0 unspecified atom stereocenters. The summed E-state index contributed by atoms with van der Waals surface area (Å²) in [5, 5.41) is 5.67. The first-order chi connectivity index (χ1) is 8.29. The summed E-state index contributed by atoms with van der Waals surface area (Å²) in [7, 11) is -3.19. The van der Waals surface area contributed by atoms with E-state index in [2.05, 4.69) is 10.6 Å². The predicted octanol–water partition coefficient (Wildman–Crippen LogP) is 1.03. The molecular formula is C12H18N2O3S. The fraction of sp³-hybridized carbons (Fsp3) is 0.417. The molecule has 1 amide bonds. The van der Waals surface area contributed by atoms with Gasteiger partial charge in [0.25, 0.3) is 0 Å². The average molecular weight is 270 g/mol. The molecule has 0 aliphatic rings. The molecule has 0 bridgehead atoms. The van der Waals surface area contributed by atoms with E-state index in [0.29, 0.717) is 5.69 Å². The third-order valence-corrected chi connectivity index (χ3v) is 3.37. The third-order valence-electron chi connectivity index (χ3n) is 2.24. The minimum absolute atomic E-state index is 0.157. The zero-order valence-electron chi connectivity index (χ0n) is 10.7. The highest BCUT2D eigenvalue weighted by molar-refractivity contribution is 7.90. The lowest BCUT2D eigenvalue weighted by molar-refractivity contribution is -0.115. The lowest BCUT2D eigenvalue weighted by Gasteiger charge is -2.09. The maximum Gasteiger partial charge on any atom is 0.238 e. The summed E-state index contributed by atoms with van der Waals surface area (Å²) in [4.78, 5) is 11.7. The number of hydrogen-bond acceptors (Lipinski definition) is 4. The van der Waals surface area contributed by atoms with Gasteiger partial charge in [-0.25, -0.2) is 8.42 Å². The predicted molar refractivity (Wildman–Crippen MR) is 71.3 cm³/mol.